The third-order valence-electron chi connectivity index (χ3n) is 1.68. The monoisotopic (exact) mass is 234 g/mol. The van der Waals surface area contributed by atoms with E-state index >= 15 is 0 Å². The first-order valence-corrected chi connectivity index (χ1v) is 5.24. The molecule has 1 rings (SSSR count). The van der Waals surface area contributed by atoms with Crippen LogP contribution in [0.4, 0.5) is 10.1 Å². The van der Waals surface area contributed by atoms with Crippen LogP contribution in [0.3, 0.4) is 0 Å². The lowest BCUT2D eigenvalue weighted by atomic mass is 10.3. The Hall–Kier alpha value is -1.54. The maximum Gasteiger partial charge on any atom is 0.272 e. The van der Waals surface area contributed by atoms with Crippen molar-refractivity contribution < 1.29 is 17.7 Å². The van der Waals surface area contributed by atoms with E-state index in [4.69, 9.17) is 0 Å². The molecule has 0 aliphatic heterocycles. The molecule has 0 spiro atoms. The first-order chi connectivity index (χ1) is 6.88. The highest BCUT2D eigenvalue weighted by atomic mass is 32.2. The summed E-state index contributed by atoms with van der Waals surface area (Å²) < 4.78 is 37.4. The van der Waals surface area contributed by atoms with Crippen molar-refractivity contribution in [3.8, 4) is 0 Å². The van der Waals surface area contributed by atoms with Gasteiger partial charge in [-0.15, -0.1) is 0 Å². The van der Waals surface area contributed by atoms with E-state index in [-0.39, 0.29) is 0 Å². The normalized spacial score (nSPS) is 11.3. The molecule has 1 aromatic rings. The van der Waals surface area contributed by atoms with E-state index in [1.54, 1.807) is 0 Å². The van der Waals surface area contributed by atoms with Crippen LogP contribution >= 0.6 is 0 Å². The van der Waals surface area contributed by atoms with Crippen molar-refractivity contribution in [1.29, 1.82) is 0 Å². The van der Waals surface area contributed by atoms with E-state index < -0.39 is 31.3 Å². The van der Waals surface area contributed by atoms with E-state index in [1.807, 2.05) is 4.72 Å². The molecule has 0 aliphatic rings. The lowest BCUT2D eigenvalue weighted by Crippen LogP contribution is -2.19. The fourth-order valence-electron chi connectivity index (χ4n) is 0.931. The van der Waals surface area contributed by atoms with Crippen molar-refractivity contribution >= 4 is 15.7 Å². The molecule has 6 nitrogen and oxygen atoms in total. The maximum absolute atomic E-state index is 13.2. The van der Waals surface area contributed by atoms with Crippen LogP contribution in [-0.4, -0.2) is 20.4 Å². The van der Waals surface area contributed by atoms with Crippen LogP contribution in [0, 0.1) is 15.9 Å². The predicted octanol–water partition coefficient (Wildman–Crippen LogP) is 0.642. The third kappa shape index (κ3) is 2.28. The Balaban J connectivity index is 3.32. The predicted molar refractivity (Wildman–Crippen MR) is 49.3 cm³/mol. The van der Waals surface area contributed by atoms with Gasteiger partial charge in [0.2, 0.25) is 10.0 Å². The Labute approximate surface area is 84.9 Å². The van der Waals surface area contributed by atoms with Crippen LogP contribution in [0.1, 0.15) is 0 Å². The topological polar surface area (TPSA) is 89.3 Å². The van der Waals surface area contributed by atoms with Gasteiger partial charge in [0.15, 0.2) is 0 Å². The summed E-state index contributed by atoms with van der Waals surface area (Å²) in [6.45, 7) is 0. The molecule has 0 unspecified atom stereocenters. The van der Waals surface area contributed by atoms with Gasteiger partial charge in [-0.05, 0) is 13.1 Å². The summed E-state index contributed by atoms with van der Waals surface area (Å²) >= 11 is 0. The van der Waals surface area contributed by atoms with Gasteiger partial charge in [0.05, 0.1) is 11.0 Å². The van der Waals surface area contributed by atoms with Gasteiger partial charge in [-0.3, -0.25) is 10.1 Å². The van der Waals surface area contributed by atoms with Crippen LogP contribution in [0.5, 0.6) is 0 Å². The van der Waals surface area contributed by atoms with Crippen LogP contribution < -0.4 is 4.72 Å². The molecule has 0 fully saturated rings. The number of nitro benzene ring substituents is 1. The number of nitro groups is 1. The number of benzene rings is 1. The van der Waals surface area contributed by atoms with Crippen LogP contribution in [0.15, 0.2) is 23.1 Å². The number of nitrogens with one attached hydrogen (secondary N) is 1. The Kier molecular flexibility index (Phi) is 3.01. The molecule has 8 heteroatoms. The van der Waals surface area contributed by atoms with E-state index in [1.165, 1.54) is 0 Å². The van der Waals surface area contributed by atoms with Crippen LogP contribution in [0.2, 0.25) is 0 Å². The number of halogens is 1. The molecule has 0 atom stereocenters. The summed E-state index contributed by atoms with van der Waals surface area (Å²) in [4.78, 5) is 8.84. The van der Waals surface area contributed by atoms with Gasteiger partial charge in [-0.25, -0.2) is 17.5 Å². The Morgan fingerprint density at radius 3 is 2.47 bits per heavy atom. The Morgan fingerprint density at radius 2 is 2.07 bits per heavy atom. The summed E-state index contributed by atoms with van der Waals surface area (Å²) in [7, 11) is -2.80. The molecule has 0 heterocycles. The number of nitrogens with zero attached hydrogens (tertiary/aromatic N) is 1. The van der Waals surface area contributed by atoms with Crippen molar-refractivity contribution in [1.82, 2.24) is 4.72 Å². The first kappa shape index (κ1) is 11.5. The molecule has 15 heavy (non-hydrogen) atoms. The zero-order valence-corrected chi connectivity index (χ0v) is 8.41. The van der Waals surface area contributed by atoms with E-state index in [2.05, 4.69) is 0 Å². The summed E-state index contributed by atoms with van der Waals surface area (Å²) in [6, 6.07) is 2.33. The summed E-state index contributed by atoms with van der Waals surface area (Å²) in [5, 5.41) is 10.3. The maximum atomic E-state index is 13.2. The summed E-state index contributed by atoms with van der Waals surface area (Å²) in [6.07, 6.45) is 0. The number of sulfonamides is 1. The van der Waals surface area contributed by atoms with Crippen molar-refractivity contribution in [3.05, 3.63) is 34.1 Å². The fourth-order valence-corrected chi connectivity index (χ4v) is 1.71. The second-order valence-electron chi connectivity index (χ2n) is 2.58. The fraction of sp³-hybridized carbons (Fsp3) is 0.143. The summed E-state index contributed by atoms with van der Waals surface area (Å²) in [5.41, 5.74) is -0.498. The van der Waals surface area contributed by atoms with Gasteiger partial charge in [-0.2, -0.15) is 0 Å². The molecule has 0 aliphatic carbocycles. The third-order valence-corrected chi connectivity index (χ3v) is 3.13. The quantitative estimate of drug-likeness (QED) is 0.614. The molecule has 0 saturated heterocycles. The molecule has 0 bridgehead atoms. The number of hydrogen-bond donors (Lipinski definition) is 1. The van der Waals surface area contributed by atoms with Crippen molar-refractivity contribution in [2.75, 3.05) is 7.05 Å². The minimum absolute atomic E-state index is 0.498. The van der Waals surface area contributed by atoms with Crippen molar-refractivity contribution in [2.45, 2.75) is 4.90 Å². The average Bonchev–Trinajstić information content (AvgIpc) is 2.17. The summed E-state index contributed by atoms with van der Waals surface area (Å²) in [5.74, 6) is -1.15. The average molecular weight is 234 g/mol. The van der Waals surface area contributed by atoms with Crippen LogP contribution in [0.25, 0.3) is 0 Å². The highest BCUT2D eigenvalue weighted by Gasteiger charge is 2.19. The first-order valence-electron chi connectivity index (χ1n) is 3.76. The molecule has 0 aromatic heterocycles. The molecule has 0 amide bonds. The molecular formula is C7H7FN2O4S. The number of hydrogen-bond acceptors (Lipinski definition) is 4. The molecule has 1 N–H and O–H groups in total. The van der Waals surface area contributed by atoms with E-state index in [9.17, 15) is 22.9 Å². The highest BCUT2D eigenvalue weighted by Crippen LogP contribution is 2.19. The second-order valence-corrected chi connectivity index (χ2v) is 4.43. The molecule has 0 radical (unpaired) electrons. The van der Waals surface area contributed by atoms with Gasteiger partial charge in [-0.1, -0.05) is 0 Å². The van der Waals surface area contributed by atoms with Crippen molar-refractivity contribution in [3.63, 3.8) is 0 Å². The number of non-ortho nitro benzene ring substituents is 1. The van der Waals surface area contributed by atoms with Crippen molar-refractivity contribution in [2.24, 2.45) is 0 Å². The second kappa shape index (κ2) is 3.91. The smallest absolute Gasteiger partial charge is 0.258 e. The zero-order chi connectivity index (χ0) is 11.6. The minimum atomic E-state index is -3.92. The van der Waals surface area contributed by atoms with Gasteiger partial charge >= 0.3 is 0 Å². The van der Waals surface area contributed by atoms with Gasteiger partial charge in [0, 0.05) is 6.07 Å². The molecule has 0 saturated carbocycles. The Morgan fingerprint density at radius 1 is 1.47 bits per heavy atom. The van der Waals surface area contributed by atoms with Crippen LogP contribution in [-0.2, 0) is 10.0 Å². The van der Waals surface area contributed by atoms with Gasteiger partial charge in [0.25, 0.3) is 5.69 Å². The lowest BCUT2D eigenvalue weighted by Gasteiger charge is -2.02. The van der Waals surface area contributed by atoms with Gasteiger partial charge < -0.3 is 0 Å². The molecule has 82 valence electrons. The van der Waals surface area contributed by atoms with E-state index in [0.717, 1.165) is 19.2 Å². The van der Waals surface area contributed by atoms with Gasteiger partial charge in [0.1, 0.15) is 10.7 Å². The zero-order valence-electron chi connectivity index (χ0n) is 7.60. The standard InChI is InChI=1S/C7H7FN2O4S/c1-9-15(13,14)7-3-2-5(10(11)12)4-6(7)8/h2-4,9H,1H3. The minimum Gasteiger partial charge on any atom is -0.258 e. The highest BCUT2D eigenvalue weighted by molar-refractivity contribution is 7.89. The molecular weight excluding hydrogens is 227 g/mol. The van der Waals surface area contributed by atoms with E-state index in [0.29, 0.717) is 6.07 Å². The number of rotatable bonds is 3. The molecule has 1 aromatic carbocycles. The largest absolute Gasteiger partial charge is 0.272 e. The lowest BCUT2D eigenvalue weighted by molar-refractivity contribution is -0.385. The SMILES string of the molecule is CNS(=O)(=O)c1ccc([N+](=O)[O-])cc1F. The Bertz CT molecular complexity index is 500.